The van der Waals surface area contributed by atoms with Crippen LogP contribution < -0.4 is 0 Å². The van der Waals surface area contributed by atoms with E-state index >= 15 is 0 Å². The lowest BCUT2D eigenvalue weighted by molar-refractivity contribution is 0.477. The number of fused-ring (bicyclic) bond motifs is 1. The molecule has 0 saturated heterocycles. The molecule has 0 spiro atoms. The van der Waals surface area contributed by atoms with Crippen LogP contribution >= 0.6 is 0 Å². The standard InChI is InChI=1S/C11H13NO6S2/c13-19(14,15)7-1-5-12-6-4-9-8-10(20(16,17)18)2-3-11(9)12/h2-4,6,8H,1,5,7H2,(H,13,14,15)(H,16,17,18). The lowest BCUT2D eigenvalue weighted by Crippen LogP contribution is -2.07. The summed E-state index contributed by atoms with van der Waals surface area (Å²) in [7, 11) is -8.23. The van der Waals surface area contributed by atoms with Gasteiger partial charge in [0.15, 0.2) is 0 Å². The van der Waals surface area contributed by atoms with Gasteiger partial charge in [0.05, 0.1) is 10.6 Å². The largest absolute Gasteiger partial charge is 0.347 e. The molecule has 2 N–H and O–H groups in total. The molecule has 0 aliphatic rings. The molecule has 0 amide bonds. The van der Waals surface area contributed by atoms with Gasteiger partial charge in [0.1, 0.15) is 0 Å². The molecule has 0 bridgehead atoms. The van der Waals surface area contributed by atoms with Crippen LogP contribution in [-0.2, 0) is 26.8 Å². The van der Waals surface area contributed by atoms with Gasteiger partial charge < -0.3 is 4.57 Å². The monoisotopic (exact) mass is 319 g/mol. The molecule has 0 radical (unpaired) electrons. The van der Waals surface area contributed by atoms with Crippen molar-refractivity contribution in [3.05, 3.63) is 30.5 Å². The van der Waals surface area contributed by atoms with Crippen LogP contribution in [-0.4, -0.2) is 36.3 Å². The van der Waals surface area contributed by atoms with Gasteiger partial charge in [-0.15, -0.1) is 0 Å². The average molecular weight is 319 g/mol. The van der Waals surface area contributed by atoms with Crippen molar-refractivity contribution in [3.8, 4) is 0 Å². The van der Waals surface area contributed by atoms with E-state index in [-0.39, 0.29) is 17.1 Å². The van der Waals surface area contributed by atoms with Crippen LogP contribution in [0.5, 0.6) is 0 Å². The van der Waals surface area contributed by atoms with Crippen LogP contribution in [0.2, 0.25) is 0 Å². The predicted molar refractivity (Wildman–Crippen MR) is 72.8 cm³/mol. The molecule has 1 heterocycles. The zero-order valence-corrected chi connectivity index (χ0v) is 11.9. The number of aryl methyl sites for hydroxylation is 1. The first-order valence-electron chi connectivity index (χ1n) is 5.68. The third-order valence-corrected chi connectivity index (χ3v) is 4.50. The first kappa shape index (κ1) is 15.0. The minimum atomic E-state index is -4.24. The molecular weight excluding hydrogens is 306 g/mol. The van der Waals surface area contributed by atoms with Crippen LogP contribution in [0.25, 0.3) is 10.9 Å². The van der Waals surface area contributed by atoms with Gasteiger partial charge in [-0.2, -0.15) is 16.8 Å². The topological polar surface area (TPSA) is 114 Å². The van der Waals surface area contributed by atoms with Crippen molar-refractivity contribution >= 4 is 31.1 Å². The highest BCUT2D eigenvalue weighted by Crippen LogP contribution is 2.20. The molecule has 20 heavy (non-hydrogen) atoms. The number of aromatic nitrogens is 1. The molecule has 1 aromatic carbocycles. The summed E-state index contributed by atoms with van der Waals surface area (Å²) in [6, 6.07) is 5.81. The Balaban J connectivity index is 2.25. The third kappa shape index (κ3) is 3.57. The highest BCUT2D eigenvalue weighted by Gasteiger charge is 2.11. The second-order valence-electron chi connectivity index (χ2n) is 4.34. The minimum absolute atomic E-state index is 0.194. The molecule has 0 fully saturated rings. The molecule has 0 aliphatic heterocycles. The Hall–Kier alpha value is -1.42. The quantitative estimate of drug-likeness (QED) is 0.800. The molecule has 9 heteroatoms. The van der Waals surface area contributed by atoms with Crippen molar-refractivity contribution in [3.63, 3.8) is 0 Å². The SMILES string of the molecule is O=S(=O)(O)CCCn1ccc2cc(S(=O)(=O)O)ccc21. The maximum atomic E-state index is 11.0. The molecule has 1 aromatic heterocycles. The summed E-state index contributed by atoms with van der Waals surface area (Å²) in [4.78, 5) is -0.194. The Morgan fingerprint density at radius 1 is 1.05 bits per heavy atom. The van der Waals surface area contributed by atoms with Crippen molar-refractivity contribution < 1.29 is 25.9 Å². The van der Waals surface area contributed by atoms with Gasteiger partial charge in [0.25, 0.3) is 20.2 Å². The maximum Gasteiger partial charge on any atom is 0.294 e. The van der Waals surface area contributed by atoms with E-state index in [1.165, 1.54) is 18.2 Å². The van der Waals surface area contributed by atoms with Gasteiger partial charge >= 0.3 is 0 Å². The van der Waals surface area contributed by atoms with E-state index in [1.54, 1.807) is 16.8 Å². The fourth-order valence-electron chi connectivity index (χ4n) is 1.95. The first-order chi connectivity index (χ1) is 9.17. The van der Waals surface area contributed by atoms with Crippen molar-refractivity contribution in [1.82, 2.24) is 4.57 Å². The second-order valence-corrected chi connectivity index (χ2v) is 7.34. The fraction of sp³-hybridized carbons (Fsp3) is 0.273. The molecule has 0 unspecified atom stereocenters. The minimum Gasteiger partial charge on any atom is -0.347 e. The van der Waals surface area contributed by atoms with Crippen LogP contribution in [0.4, 0.5) is 0 Å². The summed E-state index contributed by atoms with van der Waals surface area (Å²) in [5.41, 5.74) is 0.715. The Morgan fingerprint density at radius 3 is 2.35 bits per heavy atom. The van der Waals surface area contributed by atoms with Crippen LogP contribution in [0.15, 0.2) is 35.4 Å². The molecule has 7 nitrogen and oxygen atoms in total. The second kappa shape index (κ2) is 5.17. The van der Waals surface area contributed by atoms with Crippen molar-refractivity contribution in [1.29, 1.82) is 0 Å². The normalized spacial score (nSPS) is 12.9. The smallest absolute Gasteiger partial charge is 0.294 e. The summed E-state index contributed by atoms with van der Waals surface area (Å²) < 4.78 is 62.7. The third-order valence-electron chi connectivity index (χ3n) is 2.84. The molecular formula is C11H13NO6S2. The number of hydrogen-bond acceptors (Lipinski definition) is 4. The van der Waals surface area contributed by atoms with E-state index in [4.69, 9.17) is 9.11 Å². The Kier molecular flexibility index (Phi) is 3.87. The Bertz CT molecular complexity index is 835. The van der Waals surface area contributed by atoms with E-state index in [1.807, 2.05) is 0 Å². The van der Waals surface area contributed by atoms with Crippen LogP contribution in [0.3, 0.4) is 0 Å². The lowest BCUT2D eigenvalue weighted by Gasteiger charge is -2.05. The van der Waals surface area contributed by atoms with Crippen LogP contribution in [0, 0.1) is 0 Å². The average Bonchev–Trinajstić information content (AvgIpc) is 2.69. The first-order valence-corrected chi connectivity index (χ1v) is 8.73. The van der Waals surface area contributed by atoms with Gasteiger partial charge in [-0.25, -0.2) is 0 Å². The van der Waals surface area contributed by atoms with Gasteiger partial charge in [-0.1, -0.05) is 0 Å². The molecule has 2 aromatic rings. The number of nitrogens with zero attached hydrogens (tertiary/aromatic N) is 1. The summed E-state index contributed by atoms with van der Waals surface area (Å²) in [5, 5.41) is 0.618. The molecule has 2 rings (SSSR count). The highest BCUT2D eigenvalue weighted by atomic mass is 32.2. The maximum absolute atomic E-state index is 11.0. The fourth-order valence-corrected chi connectivity index (χ4v) is 2.96. The van der Waals surface area contributed by atoms with Crippen molar-refractivity contribution in [2.24, 2.45) is 0 Å². The van der Waals surface area contributed by atoms with Crippen LogP contribution in [0.1, 0.15) is 6.42 Å². The van der Waals surface area contributed by atoms with Gasteiger partial charge in [0, 0.05) is 23.6 Å². The van der Waals surface area contributed by atoms with Gasteiger partial charge in [-0.3, -0.25) is 9.11 Å². The van der Waals surface area contributed by atoms with E-state index in [0.29, 0.717) is 17.4 Å². The summed E-state index contributed by atoms with van der Waals surface area (Å²) in [6.45, 7) is 0.370. The van der Waals surface area contributed by atoms with Gasteiger partial charge in [-0.05, 0) is 30.7 Å². The summed E-state index contributed by atoms with van der Waals surface area (Å²) in [6.07, 6.45) is 1.92. The predicted octanol–water partition coefficient (Wildman–Crippen LogP) is 1.17. The molecule has 0 atom stereocenters. The van der Waals surface area contributed by atoms with E-state index in [2.05, 4.69) is 0 Å². The van der Waals surface area contributed by atoms with E-state index in [0.717, 1.165) is 0 Å². The Morgan fingerprint density at radius 2 is 1.75 bits per heavy atom. The highest BCUT2D eigenvalue weighted by molar-refractivity contribution is 7.86. The summed E-state index contributed by atoms with van der Waals surface area (Å²) in [5.74, 6) is -0.338. The zero-order chi connectivity index (χ0) is 15.0. The lowest BCUT2D eigenvalue weighted by atomic mass is 10.2. The van der Waals surface area contributed by atoms with E-state index in [9.17, 15) is 16.8 Å². The van der Waals surface area contributed by atoms with Crippen molar-refractivity contribution in [2.75, 3.05) is 5.75 Å². The molecule has 110 valence electrons. The summed E-state index contributed by atoms with van der Waals surface area (Å²) >= 11 is 0. The van der Waals surface area contributed by atoms with Gasteiger partial charge in [0.2, 0.25) is 0 Å². The molecule has 0 saturated carbocycles. The zero-order valence-electron chi connectivity index (χ0n) is 10.3. The number of benzene rings is 1. The number of hydrogen-bond donors (Lipinski definition) is 2. The number of rotatable bonds is 5. The molecule has 0 aliphatic carbocycles. The Labute approximate surface area is 116 Å². The van der Waals surface area contributed by atoms with E-state index < -0.39 is 20.2 Å². The van der Waals surface area contributed by atoms with Crippen molar-refractivity contribution in [2.45, 2.75) is 17.9 Å².